The summed E-state index contributed by atoms with van der Waals surface area (Å²) in [6.45, 7) is 0. The van der Waals surface area contributed by atoms with Crippen molar-refractivity contribution in [3.63, 3.8) is 0 Å². The summed E-state index contributed by atoms with van der Waals surface area (Å²) in [5, 5.41) is 0. The number of rotatable bonds is 0. The molecule has 0 aliphatic rings. The first-order valence-electron chi connectivity index (χ1n) is 0. The molecular weight excluding hydrogens is 125 g/mol. The van der Waals surface area contributed by atoms with Gasteiger partial charge in [0.05, 0.1) is 0 Å². The van der Waals surface area contributed by atoms with Gasteiger partial charge in [-0.1, -0.05) is 7.43 Å². The van der Waals surface area contributed by atoms with Crippen molar-refractivity contribution < 1.29 is 31.2 Å². The standard InChI is InChI=1S/CH4.3FH.Fe/h1H4;3*1H;/q;;;;+3/p-3. The van der Waals surface area contributed by atoms with Crippen LogP contribution in [0.5, 0.6) is 0 Å². The van der Waals surface area contributed by atoms with Gasteiger partial charge < -0.3 is 14.1 Å². The molecule has 0 N–H and O–H groups in total. The smallest absolute Gasteiger partial charge is 1.00 e. The second-order valence-electron chi connectivity index (χ2n) is 0. The third-order valence-corrected chi connectivity index (χ3v) is 0. The Morgan fingerprint density at radius 2 is 0.600 bits per heavy atom. The Bertz CT molecular complexity index is 6.85. The predicted molar refractivity (Wildman–Crippen MR) is 6.73 cm³/mol. The van der Waals surface area contributed by atoms with Gasteiger partial charge in [-0.05, 0) is 0 Å². The summed E-state index contributed by atoms with van der Waals surface area (Å²) in [4.78, 5) is 0. The van der Waals surface area contributed by atoms with E-state index in [1.807, 2.05) is 0 Å². The van der Waals surface area contributed by atoms with E-state index < -0.39 is 0 Å². The van der Waals surface area contributed by atoms with Crippen molar-refractivity contribution in [1.29, 1.82) is 0 Å². The quantitative estimate of drug-likeness (QED) is 0.285. The van der Waals surface area contributed by atoms with Crippen LogP contribution >= 0.6 is 0 Å². The van der Waals surface area contributed by atoms with Crippen molar-refractivity contribution in [2.24, 2.45) is 0 Å². The van der Waals surface area contributed by atoms with E-state index >= 15 is 0 Å². The molecule has 0 heterocycles. The monoisotopic (exact) mass is 129 g/mol. The molecule has 0 spiro atoms. The van der Waals surface area contributed by atoms with Crippen LogP contribution in [-0.2, 0) is 17.1 Å². The average Bonchev–Trinajstić information content (AvgIpc) is 0. The van der Waals surface area contributed by atoms with Crippen molar-refractivity contribution in [1.82, 2.24) is 0 Å². The number of hydrogen-bond acceptors (Lipinski definition) is 0. The predicted octanol–water partition coefficient (Wildman–Crippen LogP) is -8.35. The second-order valence-corrected chi connectivity index (χ2v) is 0. The Labute approximate surface area is 39.5 Å². The molecule has 0 saturated heterocycles. The van der Waals surface area contributed by atoms with Gasteiger partial charge in [0.2, 0.25) is 0 Å². The number of hydrogen-bond donors (Lipinski definition) is 0. The van der Waals surface area contributed by atoms with Crippen LogP contribution in [0.2, 0.25) is 0 Å². The van der Waals surface area contributed by atoms with Crippen molar-refractivity contribution in [3.8, 4) is 0 Å². The Hall–Kier alpha value is 0.309. The second kappa shape index (κ2) is 493. The third-order valence-electron chi connectivity index (χ3n) is 0. The van der Waals surface area contributed by atoms with Crippen LogP contribution in [0.15, 0.2) is 0 Å². The molecule has 1 radical (unpaired) electrons. The van der Waals surface area contributed by atoms with Gasteiger partial charge in [-0.25, -0.2) is 0 Å². The fourth-order valence-corrected chi connectivity index (χ4v) is 0. The first kappa shape index (κ1) is 1030. The summed E-state index contributed by atoms with van der Waals surface area (Å²) in [5.74, 6) is 0. The van der Waals surface area contributed by atoms with Crippen LogP contribution in [0, 0.1) is 0 Å². The Morgan fingerprint density at radius 3 is 0.600 bits per heavy atom. The topological polar surface area (TPSA) is 0 Å². The van der Waals surface area contributed by atoms with E-state index in [2.05, 4.69) is 0 Å². The molecule has 0 nitrogen and oxygen atoms in total. The molecule has 37 valence electrons. The van der Waals surface area contributed by atoms with Gasteiger partial charge in [0, 0.05) is 0 Å². The Morgan fingerprint density at radius 1 is 0.600 bits per heavy atom. The van der Waals surface area contributed by atoms with E-state index in [1.165, 1.54) is 0 Å². The molecule has 0 aromatic rings. The van der Waals surface area contributed by atoms with Gasteiger partial charge >= 0.3 is 17.1 Å². The fraction of sp³-hybridized carbons (Fsp3) is 1.00. The van der Waals surface area contributed by atoms with Gasteiger partial charge in [-0.3, -0.25) is 0 Å². The minimum Gasteiger partial charge on any atom is -1.00 e. The zero-order valence-electron chi connectivity index (χ0n) is 1.49. The van der Waals surface area contributed by atoms with Gasteiger partial charge in [0.15, 0.2) is 0 Å². The fourth-order valence-electron chi connectivity index (χ4n) is 0. The van der Waals surface area contributed by atoms with Crippen molar-refractivity contribution >= 4 is 0 Å². The van der Waals surface area contributed by atoms with Crippen LogP contribution in [-0.4, -0.2) is 0 Å². The van der Waals surface area contributed by atoms with E-state index in [4.69, 9.17) is 0 Å². The molecule has 0 atom stereocenters. The SMILES string of the molecule is C.[F-].[F-].[F-].[Fe+3]. The van der Waals surface area contributed by atoms with Crippen LogP contribution in [0.1, 0.15) is 7.43 Å². The summed E-state index contributed by atoms with van der Waals surface area (Å²) in [5.41, 5.74) is 0. The summed E-state index contributed by atoms with van der Waals surface area (Å²) in [7, 11) is 0. The molecule has 4 heteroatoms. The van der Waals surface area contributed by atoms with Gasteiger partial charge in [0.25, 0.3) is 0 Å². The zero-order chi connectivity index (χ0) is 0. The zero-order valence-corrected chi connectivity index (χ0v) is 2.59. The largest absolute Gasteiger partial charge is 3.00 e. The van der Waals surface area contributed by atoms with Crippen molar-refractivity contribution in [2.45, 2.75) is 7.43 Å². The molecule has 0 saturated carbocycles. The molecule has 0 aromatic heterocycles. The summed E-state index contributed by atoms with van der Waals surface area (Å²) < 4.78 is 0. The van der Waals surface area contributed by atoms with Crippen LogP contribution in [0.3, 0.4) is 0 Å². The maximum absolute atomic E-state index is 0. The van der Waals surface area contributed by atoms with E-state index in [0.29, 0.717) is 0 Å². The van der Waals surface area contributed by atoms with E-state index in [1.54, 1.807) is 0 Å². The van der Waals surface area contributed by atoms with Gasteiger partial charge in [0.1, 0.15) is 0 Å². The molecule has 0 rings (SSSR count). The molecule has 0 unspecified atom stereocenters. The average molecular weight is 129 g/mol. The maximum atomic E-state index is 0. The Balaban J connectivity index is 0. The number of halogens is 3. The minimum absolute atomic E-state index is 0. The summed E-state index contributed by atoms with van der Waals surface area (Å²) in [6.07, 6.45) is 0. The molecule has 0 aromatic carbocycles. The van der Waals surface area contributed by atoms with Gasteiger partial charge in [-0.2, -0.15) is 0 Å². The first-order chi connectivity index (χ1) is 0. The third kappa shape index (κ3) is 240. The maximum Gasteiger partial charge on any atom is 3.00 e. The van der Waals surface area contributed by atoms with E-state index in [0.717, 1.165) is 0 Å². The van der Waals surface area contributed by atoms with Crippen molar-refractivity contribution in [2.75, 3.05) is 0 Å². The summed E-state index contributed by atoms with van der Waals surface area (Å²) >= 11 is 0. The first-order valence-corrected chi connectivity index (χ1v) is 0. The molecule has 0 fully saturated rings. The van der Waals surface area contributed by atoms with E-state index in [-0.39, 0.29) is 38.6 Å². The molecule has 0 amide bonds. The van der Waals surface area contributed by atoms with Gasteiger partial charge in [-0.15, -0.1) is 0 Å². The van der Waals surface area contributed by atoms with Crippen LogP contribution in [0.4, 0.5) is 0 Å². The normalized spacial score (nSPS) is 0. The summed E-state index contributed by atoms with van der Waals surface area (Å²) in [6, 6.07) is 0. The van der Waals surface area contributed by atoms with E-state index in [9.17, 15) is 0 Å². The van der Waals surface area contributed by atoms with Crippen molar-refractivity contribution in [3.05, 3.63) is 0 Å². The van der Waals surface area contributed by atoms with Crippen LogP contribution in [0.25, 0.3) is 0 Å². The molecule has 0 aliphatic carbocycles. The Kier molecular flexibility index (Phi) is 101000. The molecule has 0 aliphatic heterocycles. The van der Waals surface area contributed by atoms with Crippen LogP contribution < -0.4 is 14.1 Å². The minimum atomic E-state index is 0. The molecular formula is CH4F3Fe. The molecule has 0 bridgehead atoms. The molecule has 5 heavy (non-hydrogen) atoms.